The van der Waals surface area contributed by atoms with E-state index in [0.717, 1.165) is 5.56 Å². The van der Waals surface area contributed by atoms with E-state index in [9.17, 15) is 19.8 Å². The van der Waals surface area contributed by atoms with E-state index < -0.39 is 23.9 Å². The Morgan fingerprint density at radius 1 is 1.31 bits per heavy atom. The fourth-order valence-corrected chi connectivity index (χ4v) is 4.26. The average molecular weight is 418 g/mol. The zero-order chi connectivity index (χ0) is 20.8. The van der Waals surface area contributed by atoms with E-state index in [1.165, 1.54) is 11.0 Å². The van der Waals surface area contributed by atoms with Crippen LogP contribution in [0, 0.1) is 0 Å². The highest BCUT2D eigenvalue weighted by Crippen LogP contribution is 2.50. The van der Waals surface area contributed by atoms with Crippen molar-refractivity contribution in [3.05, 3.63) is 52.0 Å². The molecule has 2 heterocycles. The van der Waals surface area contributed by atoms with Crippen molar-refractivity contribution in [2.45, 2.75) is 18.8 Å². The predicted molar refractivity (Wildman–Crippen MR) is 106 cm³/mol. The van der Waals surface area contributed by atoms with Crippen LogP contribution < -0.4 is 9.64 Å². The van der Waals surface area contributed by atoms with Gasteiger partial charge in [-0.3, -0.25) is 14.5 Å². The van der Waals surface area contributed by atoms with Crippen molar-refractivity contribution in [2.24, 2.45) is 0 Å². The Labute approximate surface area is 172 Å². The lowest BCUT2D eigenvalue weighted by Gasteiger charge is -2.28. The van der Waals surface area contributed by atoms with Crippen LogP contribution in [0.4, 0.5) is 5.69 Å². The van der Waals surface area contributed by atoms with Gasteiger partial charge in [-0.05, 0) is 42.3 Å². The number of halogens is 1. The van der Waals surface area contributed by atoms with Crippen LogP contribution in [0.25, 0.3) is 0 Å². The molecule has 1 atom stereocenters. The molecule has 0 fully saturated rings. The van der Waals surface area contributed by atoms with Crippen molar-refractivity contribution >= 4 is 29.2 Å². The molecule has 2 aromatic rings. The second kappa shape index (κ2) is 7.24. The minimum absolute atomic E-state index is 0.169. The fourth-order valence-electron chi connectivity index (χ4n) is 4.09. The number of anilines is 1. The molecule has 0 aliphatic carbocycles. The van der Waals surface area contributed by atoms with Crippen molar-refractivity contribution in [3.63, 3.8) is 0 Å². The summed E-state index contributed by atoms with van der Waals surface area (Å²) < 4.78 is 10.5. The quantitative estimate of drug-likeness (QED) is 0.724. The number of carbonyl (C=O) groups excluding carboxylic acids is 2. The summed E-state index contributed by atoms with van der Waals surface area (Å²) in [5, 5.41) is 21.5. The highest BCUT2D eigenvalue weighted by atomic mass is 35.5. The van der Waals surface area contributed by atoms with Gasteiger partial charge in [0.15, 0.2) is 0 Å². The number of carbonyl (C=O) groups is 2. The number of aliphatic hydroxyl groups excluding tert-OH is 1. The largest absolute Gasteiger partial charge is 0.507 e. The van der Waals surface area contributed by atoms with E-state index in [2.05, 4.69) is 0 Å². The molecular weight excluding hydrogens is 398 g/mol. The van der Waals surface area contributed by atoms with Crippen molar-refractivity contribution in [1.82, 2.24) is 0 Å². The molecule has 0 saturated heterocycles. The molecule has 0 radical (unpaired) electrons. The van der Waals surface area contributed by atoms with Gasteiger partial charge in [0.05, 0.1) is 19.8 Å². The molecule has 0 bridgehead atoms. The fraction of sp³-hybridized carbons (Fsp3) is 0.333. The molecule has 1 amide bonds. The number of fused-ring (bicyclic) bond motifs is 2. The number of ether oxygens (including phenoxy) is 2. The van der Waals surface area contributed by atoms with Crippen molar-refractivity contribution in [3.8, 4) is 11.5 Å². The summed E-state index contributed by atoms with van der Waals surface area (Å²) >= 11 is 6.19. The normalized spacial score (nSPS) is 19.7. The lowest BCUT2D eigenvalue weighted by Crippen LogP contribution is -2.45. The lowest BCUT2D eigenvalue weighted by atomic mass is 9.75. The second-order valence-electron chi connectivity index (χ2n) is 7.00. The summed E-state index contributed by atoms with van der Waals surface area (Å²) in [6.45, 7) is 1.43. The van der Waals surface area contributed by atoms with E-state index in [0.29, 0.717) is 35.1 Å². The Kier molecular flexibility index (Phi) is 4.88. The summed E-state index contributed by atoms with van der Waals surface area (Å²) in [5.74, 6) is -0.710. The van der Waals surface area contributed by atoms with Gasteiger partial charge in [0, 0.05) is 28.8 Å². The zero-order valence-corrected chi connectivity index (χ0v) is 16.5. The highest BCUT2D eigenvalue weighted by molar-refractivity contribution is 6.31. The number of phenols is 1. The minimum atomic E-state index is -1.59. The van der Waals surface area contributed by atoms with E-state index >= 15 is 0 Å². The summed E-state index contributed by atoms with van der Waals surface area (Å²) in [4.78, 5) is 27.0. The molecule has 2 N–H and O–H groups in total. The van der Waals surface area contributed by atoms with Gasteiger partial charge in [0.2, 0.25) is 5.91 Å². The van der Waals surface area contributed by atoms with Crippen LogP contribution in [-0.4, -0.2) is 48.5 Å². The molecule has 2 aromatic carbocycles. The van der Waals surface area contributed by atoms with Crippen LogP contribution in [0.3, 0.4) is 0 Å². The Morgan fingerprint density at radius 3 is 2.83 bits per heavy atom. The Morgan fingerprint density at radius 2 is 2.10 bits per heavy atom. The van der Waals surface area contributed by atoms with Crippen LogP contribution in [0.5, 0.6) is 11.5 Å². The Balaban J connectivity index is 1.91. The number of hydrogen-bond acceptors (Lipinski definition) is 6. The Hall–Kier alpha value is -2.77. The first kappa shape index (κ1) is 19.5. The third-order valence-electron chi connectivity index (χ3n) is 5.42. The molecule has 2 aliphatic rings. The molecular formula is C21H20ClNO6. The summed E-state index contributed by atoms with van der Waals surface area (Å²) in [6, 6.07) is 7.96. The van der Waals surface area contributed by atoms with Gasteiger partial charge in [0.25, 0.3) is 0 Å². The minimum Gasteiger partial charge on any atom is -0.507 e. The number of amides is 1. The van der Waals surface area contributed by atoms with Crippen LogP contribution in [0.1, 0.15) is 23.6 Å². The molecule has 0 aromatic heterocycles. The molecule has 4 rings (SSSR count). The number of nitrogens with zero attached hydrogens (tertiary/aromatic N) is 1. The van der Waals surface area contributed by atoms with Crippen LogP contribution >= 0.6 is 11.6 Å². The van der Waals surface area contributed by atoms with Gasteiger partial charge in [-0.1, -0.05) is 11.6 Å². The maximum Gasteiger partial charge on any atom is 0.326 e. The van der Waals surface area contributed by atoms with E-state index in [-0.39, 0.29) is 24.5 Å². The molecule has 29 heavy (non-hydrogen) atoms. The maximum absolute atomic E-state index is 13.6. The van der Waals surface area contributed by atoms with E-state index in [1.807, 2.05) is 0 Å². The first-order valence-corrected chi connectivity index (χ1v) is 9.67. The van der Waals surface area contributed by atoms with Crippen LogP contribution in [0.15, 0.2) is 30.3 Å². The van der Waals surface area contributed by atoms with Crippen molar-refractivity contribution < 1.29 is 29.3 Å². The zero-order valence-electron chi connectivity index (χ0n) is 15.8. The average Bonchev–Trinajstić information content (AvgIpc) is 3.23. The third-order valence-corrected chi connectivity index (χ3v) is 5.65. The number of phenolic OH excluding ortho intramolecular Hbond substituents is 1. The van der Waals surface area contributed by atoms with Crippen molar-refractivity contribution in [2.75, 3.05) is 31.3 Å². The summed E-state index contributed by atoms with van der Waals surface area (Å²) in [7, 11) is 0. The Bertz CT molecular complexity index is 1010. The monoisotopic (exact) mass is 417 g/mol. The third kappa shape index (κ3) is 2.92. The molecule has 7 nitrogen and oxygen atoms in total. The van der Waals surface area contributed by atoms with Gasteiger partial charge in [-0.15, -0.1) is 0 Å². The topological polar surface area (TPSA) is 96.3 Å². The predicted octanol–water partition coefficient (Wildman–Crippen LogP) is 2.17. The molecule has 8 heteroatoms. The first-order chi connectivity index (χ1) is 13.9. The number of aliphatic hydroxyl groups is 1. The van der Waals surface area contributed by atoms with Crippen LogP contribution in [-0.2, 0) is 26.2 Å². The molecule has 2 aliphatic heterocycles. The molecule has 0 spiro atoms. The van der Waals surface area contributed by atoms with Gasteiger partial charge in [-0.2, -0.15) is 0 Å². The maximum atomic E-state index is 13.6. The number of hydrogen-bond donors (Lipinski definition) is 2. The summed E-state index contributed by atoms with van der Waals surface area (Å²) in [5.41, 5.74) is 0.373. The highest BCUT2D eigenvalue weighted by Gasteiger charge is 2.54. The summed E-state index contributed by atoms with van der Waals surface area (Å²) in [6.07, 6.45) is 0.632. The van der Waals surface area contributed by atoms with E-state index in [4.69, 9.17) is 21.1 Å². The smallest absolute Gasteiger partial charge is 0.326 e. The van der Waals surface area contributed by atoms with Gasteiger partial charge < -0.3 is 19.7 Å². The van der Waals surface area contributed by atoms with Gasteiger partial charge in [-0.25, -0.2) is 0 Å². The number of benzene rings is 2. The SMILES string of the molecule is CCOC(=O)CN1C(=O)C(CO)(c2cc3c(cc2O)OCC3)c2cc(Cl)ccc21. The molecule has 152 valence electrons. The lowest BCUT2D eigenvalue weighted by molar-refractivity contribution is -0.142. The van der Waals surface area contributed by atoms with Crippen molar-refractivity contribution in [1.29, 1.82) is 0 Å². The molecule has 0 saturated carbocycles. The van der Waals surface area contributed by atoms with Crippen LogP contribution in [0.2, 0.25) is 5.02 Å². The van der Waals surface area contributed by atoms with E-state index in [1.54, 1.807) is 31.2 Å². The number of aromatic hydroxyl groups is 1. The first-order valence-electron chi connectivity index (χ1n) is 9.30. The second-order valence-corrected chi connectivity index (χ2v) is 7.43. The standard InChI is InChI=1S/C21H20ClNO6/c1-2-28-19(26)10-23-16-4-3-13(22)8-14(16)21(11-24,20(23)27)15-7-12-5-6-29-18(12)9-17(15)25/h3-4,7-9,24-25H,2,5-6,10-11H2,1H3. The number of rotatable bonds is 5. The van der Waals surface area contributed by atoms with Gasteiger partial charge >= 0.3 is 5.97 Å². The number of esters is 1. The van der Waals surface area contributed by atoms with Gasteiger partial charge in [0.1, 0.15) is 23.5 Å². The molecule has 1 unspecified atom stereocenters.